The normalized spacial score (nSPS) is 14.0. The van der Waals surface area contributed by atoms with Crippen LogP contribution in [-0.4, -0.2) is 27.9 Å². The Labute approximate surface area is 181 Å². The van der Waals surface area contributed by atoms with Gasteiger partial charge >= 0.3 is 0 Å². The van der Waals surface area contributed by atoms with Gasteiger partial charge in [0.1, 0.15) is 5.65 Å². The van der Waals surface area contributed by atoms with Gasteiger partial charge in [-0.25, -0.2) is 4.98 Å². The van der Waals surface area contributed by atoms with E-state index < -0.39 is 0 Å². The summed E-state index contributed by atoms with van der Waals surface area (Å²) in [6.07, 6.45) is 6.38. The number of nitrogens with two attached hydrogens (primary N) is 1. The predicted octanol–water partition coefficient (Wildman–Crippen LogP) is 3.94. The number of thioether (sulfide) groups is 1. The summed E-state index contributed by atoms with van der Waals surface area (Å²) in [4.78, 5) is 18.1. The van der Waals surface area contributed by atoms with Crippen LogP contribution in [0.2, 0.25) is 0 Å². The van der Waals surface area contributed by atoms with Crippen LogP contribution >= 0.6 is 36.6 Å². The Morgan fingerprint density at radius 3 is 2.71 bits per heavy atom. The molecular weight excluding hydrogens is 415 g/mol. The molecule has 4 rings (SSSR count). The number of pyridine rings is 1. The first-order valence-corrected chi connectivity index (χ1v) is 9.87. The minimum atomic E-state index is -0.0563. The number of halogens is 2. The summed E-state index contributed by atoms with van der Waals surface area (Å²) >= 11 is 1.63. The molecule has 0 aliphatic heterocycles. The van der Waals surface area contributed by atoms with E-state index in [9.17, 15) is 4.79 Å². The number of rotatable bonds is 7. The Hall–Kier alpha value is -1.73. The lowest BCUT2D eigenvalue weighted by Gasteiger charge is -2.13. The van der Waals surface area contributed by atoms with Gasteiger partial charge in [0, 0.05) is 35.6 Å². The zero-order valence-corrected chi connectivity index (χ0v) is 17.7. The summed E-state index contributed by atoms with van der Waals surface area (Å²) in [6.45, 7) is 0.537. The monoisotopic (exact) mass is 438 g/mol. The number of hydrogen-bond donors (Lipinski definition) is 2. The average molecular weight is 439 g/mol. The van der Waals surface area contributed by atoms with Gasteiger partial charge in [-0.15, -0.1) is 36.6 Å². The van der Waals surface area contributed by atoms with E-state index in [0.29, 0.717) is 23.8 Å². The first-order valence-electron chi connectivity index (χ1n) is 8.89. The maximum atomic E-state index is 12.6. The van der Waals surface area contributed by atoms with Gasteiger partial charge in [0.2, 0.25) is 0 Å². The molecule has 1 aliphatic rings. The lowest BCUT2D eigenvalue weighted by Crippen LogP contribution is -2.38. The molecule has 28 heavy (non-hydrogen) atoms. The molecule has 3 N–H and O–H groups in total. The second-order valence-electron chi connectivity index (χ2n) is 6.69. The van der Waals surface area contributed by atoms with E-state index in [-0.39, 0.29) is 36.8 Å². The van der Waals surface area contributed by atoms with Gasteiger partial charge < -0.3 is 15.5 Å². The molecule has 3 aromatic rings. The van der Waals surface area contributed by atoms with Crippen molar-refractivity contribution in [3.8, 4) is 0 Å². The third-order valence-corrected chi connectivity index (χ3v) is 5.75. The molecule has 0 saturated heterocycles. The summed E-state index contributed by atoms with van der Waals surface area (Å²) in [5, 5.41) is 2.98. The van der Waals surface area contributed by atoms with Crippen LogP contribution in [0.25, 0.3) is 5.65 Å². The lowest BCUT2D eigenvalue weighted by molar-refractivity contribution is 0.0947. The molecule has 1 saturated carbocycles. The van der Waals surface area contributed by atoms with Gasteiger partial charge in [-0.3, -0.25) is 4.79 Å². The third kappa shape index (κ3) is 5.41. The molecule has 2 aromatic heterocycles. The molecule has 1 aromatic carbocycles. The molecular formula is C20H24Cl2N4OS. The molecule has 5 nitrogen and oxygen atoms in total. The number of nitrogens with zero attached hydrogens (tertiary/aromatic N) is 2. The molecule has 1 atom stereocenters. The van der Waals surface area contributed by atoms with E-state index in [2.05, 4.69) is 10.3 Å². The number of amides is 1. The Balaban J connectivity index is 0.00000140. The Morgan fingerprint density at radius 1 is 1.21 bits per heavy atom. The highest BCUT2D eigenvalue weighted by Crippen LogP contribution is 2.31. The fourth-order valence-corrected chi connectivity index (χ4v) is 3.92. The SMILES string of the molecule is Cl.Cl.NC(CNC(=O)c1ccccc1SCc1cn2ccccc2n1)C1CC1. The van der Waals surface area contributed by atoms with Crippen LogP contribution in [0, 0.1) is 5.92 Å². The van der Waals surface area contributed by atoms with Gasteiger partial charge in [0.15, 0.2) is 0 Å². The maximum Gasteiger partial charge on any atom is 0.252 e. The Kier molecular flexibility index (Phi) is 8.19. The van der Waals surface area contributed by atoms with E-state index in [1.54, 1.807) is 11.8 Å². The first kappa shape index (κ1) is 22.6. The van der Waals surface area contributed by atoms with Gasteiger partial charge in [-0.05, 0) is 43.0 Å². The fraction of sp³-hybridized carbons (Fsp3) is 0.300. The minimum absolute atomic E-state index is 0. The standard InChI is InChI=1S/C20H22N4OS.2ClH/c21-17(14-8-9-14)11-22-20(25)16-5-1-2-6-18(16)26-13-15-12-24-10-4-3-7-19(24)23-15;;/h1-7,10,12,14,17H,8-9,11,13,21H2,(H,22,25);2*1H. The Bertz CT molecular complexity index is 896. The highest BCUT2D eigenvalue weighted by molar-refractivity contribution is 7.98. The molecule has 8 heteroatoms. The summed E-state index contributed by atoms with van der Waals surface area (Å²) < 4.78 is 2.01. The number of carbonyl (C=O) groups excluding carboxylic acids is 1. The van der Waals surface area contributed by atoms with Crippen LogP contribution < -0.4 is 11.1 Å². The van der Waals surface area contributed by atoms with Crippen molar-refractivity contribution in [2.45, 2.75) is 29.5 Å². The van der Waals surface area contributed by atoms with Crippen molar-refractivity contribution >= 4 is 48.1 Å². The van der Waals surface area contributed by atoms with Crippen molar-refractivity contribution in [3.05, 3.63) is 66.1 Å². The zero-order valence-electron chi connectivity index (χ0n) is 15.3. The highest BCUT2D eigenvalue weighted by atomic mass is 35.5. The fourth-order valence-electron chi connectivity index (χ4n) is 2.99. The zero-order chi connectivity index (χ0) is 17.9. The number of fused-ring (bicyclic) bond motifs is 1. The van der Waals surface area contributed by atoms with Crippen LogP contribution in [0.1, 0.15) is 28.9 Å². The molecule has 1 amide bonds. The van der Waals surface area contributed by atoms with E-state index in [4.69, 9.17) is 5.73 Å². The molecule has 0 spiro atoms. The predicted molar refractivity (Wildman–Crippen MR) is 119 cm³/mol. The van der Waals surface area contributed by atoms with Gasteiger partial charge in [-0.2, -0.15) is 0 Å². The Morgan fingerprint density at radius 2 is 1.96 bits per heavy atom. The van der Waals surface area contributed by atoms with Gasteiger partial charge in [0.25, 0.3) is 5.91 Å². The van der Waals surface area contributed by atoms with Crippen molar-refractivity contribution in [2.24, 2.45) is 11.7 Å². The number of carbonyl (C=O) groups is 1. The van der Waals surface area contributed by atoms with E-state index in [1.165, 1.54) is 12.8 Å². The van der Waals surface area contributed by atoms with Crippen LogP contribution in [0.3, 0.4) is 0 Å². The number of imidazole rings is 1. The van der Waals surface area contributed by atoms with Gasteiger partial charge in [0.05, 0.1) is 11.3 Å². The van der Waals surface area contributed by atoms with E-state index in [1.807, 2.05) is 59.3 Å². The van der Waals surface area contributed by atoms with Crippen molar-refractivity contribution in [3.63, 3.8) is 0 Å². The summed E-state index contributed by atoms with van der Waals surface area (Å²) in [7, 11) is 0. The number of nitrogens with one attached hydrogen (secondary N) is 1. The molecule has 150 valence electrons. The summed E-state index contributed by atoms with van der Waals surface area (Å²) in [5.74, 6) is 1.24. The smallest absolute Gasteiger partial charge is 0.252 e. The van der Waals surface area contributed by atoms with Crippen molar-refractivity contribution in [1.82, 2.24) is 14.7 Å². The molecule has 2 heterocycles. The van der Waals surface area contributed by atoms with Crippen molar-refractivity contribution in [2.75, 3.05) is 6.54 Å². The number of hydrogen-bond acceptors (Lipinski definition) is 4. The largest absolute Gasteiger partial charge is 0.350 e. The van der Waals surface area contributed by atoms with Crippen LogP contribution in [0.5, 0.6) is 0 Å². The molecule has 1 fully saturated rings. The summed E-state index contributed by atoms with van der Waals surface area (Å²) in [5.41, 5.74) is 8.71. The van der Waals surface area contributed by atoms with E-state index in [0.717, 1.165) is 16.2 Å². The average Bonchev–Trinajstić information content (AvgIpc) is 3.44. The second kappa shape index (κ2) is 10.2. The highest BCUT2D eigenvalue weighted by Gasteiger charge is 2.28. The number of aromatic nitrogens is 2. The molecule has 0 bridgehead atoms. The second-order valence-corrected chi connectivity index (χ2v) is 7.71. The summed E-state index contributed by atoms with van der Waals surface area (Å²) in [6, 6.07) is 13.7. The lowest BCUT2D eigenvalue weighted by atomic mass is 10.2. The molecule has 0 radical (unpaired) electrons. The maximum absolute atomic E-state index is 12.6. The molecule has 1 unspecified atom stereocenters. The quantitative estimate of drug-likeness (QED) is 0.547. The van der Waals surface area contributed by atoms with Crippen LogP contribution in [-0.2, 0) is 5.75 Å². The van der Waals surface area contributed by atoms with Crippen LogP contribution in [0.4, 0.5) is 0 Å². The van der Waals surface area contributed by atoms with Crippen LogP contribution in [0.15, 0.2) is 59.8 Å². The van der Waals surface area contributed by atoms with Gasteiger partial charge in [-0.1, -0.05) is 18.2 Å². The first-order chi connectivity index (χ1) is 12.7. The topological polar surface area (TPSA) is 72.4 Å². The molecule has 1 aliphatic carbocycles. The van der Waals surface area contributed by atoms with Crippen molar-refractivity contribution in [1.29, 1.82) is 0 Å². The number of benzene rings is 1. The minimum Gasteiger partial charge on any atom is -0.350 e. The van der Waals surface area contributed by atoms with Crippen molar-refractivity contribution < 1.29 is 4.79 Å². The third-order valence-electron chi connectivity index (χ3n) is 4.65. The van der Waals surface area contributed by atoms with E-state index >= 15 is 0 Å².